The number of rotatable bonds is 4. The first-order valence-electron chi connectivity index (χ1n) is 6.12. The van der Waals surface area contributed by atoms with Crippen LogP contribution in [0, 0.1) is 0 Å². The Bertz CT molecular complexity index is 659. The second-order valence-corrected chi connectivity index (χ2v) is 8.35. The smallest absolute Gasteiger partial charge is 0.261 e. The van der Waals surface area contributed by atoms with E-state index in [0.29, 0.717) is 13.2 Å². The molecule has 0 bridgehead atoms. The Morgan fingerprint density at radius 1 is 1.48 bits per heavy atom. The molecule has 1 aliphatic rings. The van der Waals surface area contributed by atoms with Crippen molar-refractivity contribution in [2.45, 2.75) is 23.8 Å². The van der Waals surface area contributed by atoms with Crippen LogP contribution in [0.2, 0.25) is 5.02 Å². The molecule has 1 aromatic carbocycles. The summed E-state index contributed by atoms with van der Waals surface area (Å²) in [6, 6.07) is 2.40. The number of hydrogen-bond donors (Lipinski definition) is 1. The summed E-state index contributed by atoms with van der Waals surface area (Å²) in [5.41, 5.74) is 0.0447. The van der Waals surface area contributed by atoms with E-state index in [1.165, 1.54) is 6.07 Å². The molecule has 0 saturated carbocycles. The van der Waals surface area contributed by atoms with Crippen LogP contribution in [-0.2, 0) is 13.8 Å². The molecule has 1 atom stereocenters. The monoisotopic (exact) mass is 415 g/mol. The topological polar surface area (TPSA) is 72.5 Å². The van der Waals surface area contributed by atoms with Crippen molar-refractivity contribution in [1.29, 1.82) is 0 Å². The zero-order chi connectivity index (χ0) is 15.6. The van der Waals surface area contributed by atoms with Gasteiger partial charge in [-0.3, -0.25) is 4.79 Å². The second kappa shape index (κ2) is 6.83. The van der Waals surface area contributed by atoms with E-state index in [1.807, 2.05) is 0 Å². The number of ether oxygens (including phenoxy) is 1. The molecule has 0 aliphatic carbocycles. The van der Waals surface area contributed by atoms with Crippen molar-refractivity contribution in [3.8, 4) is 0 Å². The maximum absolute atomic E-state index is 12.1. The fraction of sp³-hybridized carbons (Fsp3) is 0.417. The maximum atomic E-state index is 12.1. The highest BCUT2D eigenvalue weighted by Crippen LogP contribution is 2.31. The average molecular weight is 417 g/mol. The van der Waals surface area contributed by atoms with Crippen LogP contribution in [0.15, 0.2) is 21.5 Å². The molecule has 5 nitrogen and oxygen atoms in total. The van der Waals surface area contributed by atoms with Gasteiger partial charge >= 0.3 is 0 Å². The van der Waals surface area contributed by atoms with Gasteiger partial charge in [-0.25, -0.2) is 8.42 Å². The number of benzene rings is 1. The lowest BCUT2D eigenvalue weighted by atomic mass is 10.2. The molecule has 1 unspecified atom stereocenters. The maximum Gasteiger partial charge on any atom is 0.261 e. The van der Waals surface area contributed by atoms with Gasteiger partial charge in [-0.1, -0.05) is 11.6 Å². The lowest BCUT2D eigenvalue weighted by Gasteiger charge is -2.12. The molecule has 1 aromatic rings. The molecule has 0 aromatic heterocycles. The van der Waals surface area contributed by atoms with Crippen LogP contribution in [0.25, 0.3) is 0 Å². The Morgan fingerprint density at radius 2 is 2.19 bits per heavy atom. The Hall–Kier alpha value is -0.340. The highest BCUT2D eigenvalue weighted by atomic mass is 79.9. The molecule has 1 amide bonds. The molecule has 2 rings (SSSR count). The Morgan fingerprint density at radius 3 is 2.76 bits per heavy atom. The number of halogens is 3. The van der Waals surface area contributed by atoms with Gasteiger partial charge in [0, 0.05) is 28.3 Å². The van der Waals surface area contributed by atoms with Crippen LogP contribution in [-0.4, -0.2) is 33.6 Å². The van der Waals surface area contributed by atoms with Crippen molar-refractivity contribution in [2.24, 2.45) is 0 Å². The lowest BCUT2D eigenvalue weighted by molar-refractivity contribution is 0.0857. The predicted molar refractivity (Wildman–Crippen MR) is 83.5 cm³/mol. The van der Waals surface area contributed by atoms with E-state index in [4.69, 9.17) is 27.0 Å². The van der Waals surface area contributed by atoms with E-state index >= 15 is 0 Å². The SMILES string of the molecule is O=C(NCC1CCCO1)c1cc(S(=O)(=O)Cl)cc(Br)c1Cl. The fourth-order valence-corrected chi connectivity index (χ4v) is 3.57. The van der Waals surface area contributed by atoms with E-state index in [9.17, 15) is 13.2 Å². The third kappa shape index (κ3) is 4.32. The van der Waals surface area contributed by atoms with E-state index in [1.54, 1.807) is 0 Å². The average Bonchev–Trinajstić information content (AvgIpc) is 2.91. The van der Waals surface area contributed by atoms with Gasteiger partial charge in [0.1, 0.15) is 0 Å². The number of nitrogens with one attached hydrogen (secondary N) is 1. The van der Waals surface area contributed by atoms with Gasteiger partial charge in [0.15, 0.2) is 0 Å². The highest BCUT2D eigenvalue weighted by Gasteiger charge is 2.21. The summed E-state index contributed by atoms with van der Waals surface area (Å²) < 4.78 is 28.5. The molecule has 1 aliphatic heterocycles. The summed E-state index contributed by atoms with van der Waals surface area (Å²) in [5.74, 6) is -0.474. The van der Waals surface area contributed by atoms with Crippen LogP contribution in [0.4, 0.5) is 0 Å². The highest BCUT2D eigenvalue weighted by molar-refractivity contribution is 9.10. The number of carbonyl (C=O) groups is 1. The number of carbonyl (C=O) groups excluding carboxylic acids is 1. The van der Waals surface area contributed by atoms with E-state index < -0.39 is 15.0 Å². The third-order valence-electron chi connectivity index (χ3n) is 3.04. The second-order valence-electron chi connectivity index (χ2n) is 4.55. The van der Waals surface area contributed by atoms with Gasteiger partial charge in [-0.15, -0.1) is 0 Å². The van der Waals surface area contributed by atoms with E-state index in [0.717, 1.165) is 18.9 Å². The molecular formula is C12H12BrCl2NO4S. The third-order valence-corrected chi connectivity index (χ3v) is 5.64. The number of hydrogen-bond acceptors (Lipinski definition) is 4. The van der Waals surface area contributed by atoms with Crippen LogP contribution in [0.5, 0.6) is 0 Å². The zero-order valence-corrected chi connectivity index (χ0v) is 14.6. The minimum absolute atomic E-state index is 0.0175. The van der Waals surface area contributed by atoms with Crippen molar-refractivity contribution in [3.63, 3.8) is 0 Å². The van der Waals surface area contributed by atoms with Crippen molar-refractivity contribution >= 4 is 53.2 Å². The molecule has 9 heteroatoms. The summed E-state index contributed by atoms with van der Waals surface area (Å²) in [6.45, 7) is 1.04. The summed E-state index contributed by atoms with van der Waals surface area (Å²) in [4.78, 5) is 12.0. The molecular weight excluding hydrogens is 405 g/mol. The largest absolute Gasteiger partial charge is 0.376 e. The molecule has 1 fully saturated rings. The molecule has 116 valence electrons. The Labute approximate surface area is 140 Å². The van der Waals surface area contributed by atoms with Gasteiger partial charge in [0.05, 0.1) is 21.6 Å². The van der Waals surface area contributed by atoms with Gasteiger partial charge in [-0.05, 0) is 40.9 Å². The first-order valence-corrected chi connectivity index (χ1v) is 9.60. The van der Waals surface area contributed by atoms with Crippen LogP contribution in [0.3, 0.4) is 0 Å². The first-order chi connectivity index (χ1) is 9.79. The molecule has 0 spiro atoms. The van der Waals surface area contributed by atoms with E-state index in [2.05, 4.69) is 21.2 Å². The lowest BCUT2D eigenvalue weighted by Crippen LogP contribution is -2.32. The minimum Gasteiger partial charge on any atom is -0.376 e. The van der Waals surface area contributed by atoms with Gasteiger partial charge in [0.2, 0.25) is 0 Å². The van der Waals surface area contributed by atoms with E-state index in [-0.39, 0.29) is 26.1 Å². The minimum atomic E-state index is -3.95. The van der Waals surface area contributed by atoms with Gasteiger partial charge in [0.25, 0.3) is 15.0 Å². The predicted octanol–water partition coefficient (Wildman–Crippen LogP) is 2.94. The summed E-state index contributed by atoms with van der Waals surface area (Å²) >= 11 is 9.14. The van der Waals surface area contributed by atoms with Crippen LogP contribution >= 0.6 is 38.2 Å². The molecule has 1 N–H and O–H groups in total. The first kappa shape index (κ1) is 17.0. The van der Waals surface area contributed by atoms with Gasteiger partial charge in [-0.2, -0.15) is 0 Å². The zero-order valence-electron chi connectivity index (χ0n) is 10.7. The standard InChI is InChI=1S/C12H12BrCl2NO4S/c13-10-5-8(21(15,18)19)4-9(11(10)14)12(17)16-6-7-2-1-3-20-7/h4-5,7H,1-3,6H2,(H,16,17). The molecule has 1 heterocycles. The van der Waals surface area contributed by atoms with Crippen molar-refractivity contribution in [3.05, 3.63) is 27.2 Å². The Kier molecular flexibility index (Phi) is 5.54. The fourth-order valence-electron chi connectivity index (χ4n) is 1.98. The van der Waals surface area contributed by atoms with Crippen molar-refractivity contribution in [1.82, 2.24) is 5.32 Å². The molecule has 1 saturated heterocycles. The van der Waals surface area contributed by atoms with Crippen LogP contribution < -0.4 is 5.32 Å². The normalized spacial score (nSPS) is 18.7. The molecule has 21 heavy (non-hydrogen) atoms. The summed E-state index contributed by atoms with van der Waals surface area (Å²) in [5, 5.41) is 2.81. The Balaban J connectivity index is 2.21. The van der Waals surface area contributed by atoms with Crippen molar-refractivity contribution < 1.29 is 17.9 Å². The van der Waals surface area contributed by atoms with Crippen LogP contribution in [0.1, 0.15) is 23.2 Å². The molecule has 0 radical (unpaired) electrons. The quantitative estimate of drug-likeness (QED) is 0.765. The summed E-state index contributed by atoms with van der Waals surface area (Å²) in [6.07, 6.45) is 1.83. The van der Waals surface area contributed by atoms with Crippen molar-refractivity contribution in [2.75, 3.05) is 13.2 Å². The summed E-state index contributed by atoms with van der Waals surface area (Å²) in [7, 11) is 1.35. The van der Waals surface area contributed by atoms with Gasteiger partial charge < -0.3 is 10.1 Å². The number of amides is 1.